The van der Waals surface area contributed by atoms with Crippen molar-refractivity contribution in [3.05, 3.63) is 131 Å². The first-order chi connectivity index (χ1) is 38.2. The number of thiazole rings is 1. The van der Waals surface area contributed by atoms with Crippen molar-refractivity contribution in [1.29, 1.82) is 0 Å². The standard InChI is InChI=1S/C59H75N11O8S.ClH/c1-39(64-54(73)45-13-9-14-46(32-45)67-59(22-26-61-27-23-59)57-66-53(68-69-57)43-20-24-60-25-21-43)44-12-10-15-48(33-44)78-31-8-6-7-28-76-29-11-30-77-37-50(72)65-52(58(3,4)5)56(75)70-36-47(71)34-49(70)55(74)62-35-41-16-18-42(19-17-41)51-40(2)63-38-79-51;/h9-10,12-21,24-25,32-33,38-39,47,49,52,61,67,71H,6-8,11,22-23,26-31,34-37H2,1-5H3,(H,62,74)(H,64,73)(H,65,72)(H,66,68,69);1H/t39-,47-,49+,52-;/m1./s1. The summed E-state index contributed by atoms with van der Waals surface area (Å²) in [6, 6.07) is 24.9. The maximum atomic E-state index is 14.0. The smallest absolute Gasteiger partial charge is 0.251 e. The summed E-state index contributed by atoms with van der Waals surface area (Å²) in [6.07, 6.45) is 7.47. The second-order valence-corrected chi connectivity index (χ2v) is 22.3. The molecule has 0 saturated carbocycles. The van der Waals surface area contributed by atoms with Crippen molar-refractivity contribution in [2.24, 2.45) is 5.41 Å². The van der Waals surface area contributed by atoms with Crippen LogP contribution in [0.25, 0.3) is 21.8 Å². The Balaban J connectivity index is 0.00000924. The fraction of sp³-hybridized carbons (Fsp3) is 0.458. The van der Waals surface area contributed by atoms with Gasteiger partial charge in [0.05, 0.1) is 40.4 Å². The molecular formula is C59H76ClN11O8S. The minimum Gasteiger partial charge on any atom is -0.494 e. The quantitative estimate of drug-likeness (QED) is 0.0258. The third kappa shape index (κ3) is 16.6. The number of amides is 4. The summed E-state index contributed by atoms with van der Waals surface area (Å²) in [7, 11) is 0. The van der Waals surface area contributed by atoms with Gasteiger partial charge in [-0.2, -0.15) is 0 Å². The first kappa shape index (κ1) is 60.8. The molecule has 6 aromatic rings. The SMILES string of the molecule is Cc1ncsc1-c1ccc(CNC(=O)[C@@H]2C[C@@H](O)CN2C(=O)[C@@H](NC(=O)COCCCOCCCCCOc2cccc([C@@H](C)NC(=O)c3cccc(NC4(c5nnc(-c6ccncc6)[nH]5)CCNCC4)c3)c2)C(C)(C)C)cc1.Cl. The van der Waals surface area contributed by atoms with Gasteiger partial charge < -0.3 is 55.8 Å². The van der Waals surface area contributed by atoms with E-state index in [1.807, 2.05) is 125 Å². The van der Waals surface area contributed by atoms with Crippen molar-refractivity contribution < 1.29 is 38.5 Å². The Hall–Kier alpha value is -6.81. The number of hydrogen-bond donors (Lipinski definition) is 7. The summed E-state index contributed by atoms with van der Waals surface area (Å²) in [6.45, 7) is 13.0. The number of aryl methyl sites for hydroxylation is 1. The molecule has 19 nitrogen and oxygen atoms in total. The molecule has 428 valence electrons. The monoisotopic (exact) mass is 1130 g/mol. The normalized spacial score (nSPS) is 16.7. The number of β-amino-alcohol motifs (C(OH)–C–C–N with tert-alkyl or cyclic N) is 1. The van der Waals surface area contributed by atoms with E-state index in [1.54, 1.807) is 23.7 Å². The number of piperidine rings is 1. The van der Waals surface area contributed by atoms with E-state index in [0.717, 1.165) is 95.3 Å². The molecule has 80 heavy (non-hydrogen) atoms. The van der Waals surface area contributed by atoms with Crippen LogP contribution in [0.15, 0.2) is 103 Å². The number of carbonyl (C=O) groups excluding carboxylic acids is 4. The molecule has 0 aliphatic carbocycles. The number of aliphatic hydroxyl groups is 1. The Morgan fingerprint density at radius 2 is 1.60 bits per heavy atom. The molecule has 0 radical (unpaired) electrons. The van der Waals surface area contributed by atoms with E-state index in [2.05, 4.69) is 51.7 Å². The first-order valence-electron chi connectivity index (χ1n) is 27.3. The van der Waals surface area contributed by atoms with Crippen molar-refractivity contribution in [3.8, 4) is 27.6 Å². The van der Waals surface area contributed by atoms with Gasteiger partial charge in [0.2, 0.25) is 17.7 Å². The number of rotatable bonds is 26. The van der Waals surface area contributed by atoms with Crippen LogP contribution < -0.4 is 31.3 Å². The number of nitrogens with zero attached hydrogens (tertiary/aromatic N) is 5. The Bertz CT molecular complexity index is 2950. The van der Waals surface area contributed by atoms with Crippen molar-refractivity contribution in [2.75, 3.05) is 58.0 Å². The minimum atomic E-state index is -0.951. The van der Waals surface area contributed by atoms with Crippen LogP contribution in [0.2, 0.25) is 0 Å². The van der Waals surface area contributed by atoms with Crippen LogP contribution in [-0.4, -0.2) is 130 Å². The highest BCUT2D eigenvalue weighted by Crippen LogP contribution is 2.35. The van der Waals surface area contributed by atoms with Crippen LogP contribution in [0.5, 0.6) is 5.75 Å². The first-order valence-corrected chi connectivity index (χ1v) is 28.2. The maximum absolute atomic E-state index is 14.0. The second-order valence-electron chi connectivity index (χ2n) is 21.4. The molecule has 2 aliphatic heterocycles. The second kappa shape index (κ2) is 29.1. The Morgan fingerprint density at radius 1 is 0.863 bits per heavy atom. The summed E-state index contributed by atoms with van der Waals surface area (Å²) >= 11 is 1.57. The predicted molar refractivity (Wildman–Crippen MR) is 310 cm³/mol. The summed E-state index contributed by atoms with van der Waals surface area (Å²) in [5.74, 6) is 0.737. The van der Waals surface area contributed by atoms with Crippen LogP contribution in [0.4, 0.5) is 5.69 Å². The molecule has 5 heterocycles. The van der Waals surface area contributed by atoms with Crippen molar-refractivity contribution in [3.63, 3.8) is 0 Å². The summed E-state index contributed by atoms with van der Waals surface area (Å²) < 4.78 is 17.6. The van der Waals surface area contributed by atoms with Gasteiger partial charge in [-0.05, 0) is 130 Å². The van der Waals surface area contributed by atoms with Gasteiger partial charge in [0.25, 0.3) is 5.91 Å². The number of benzene rings is 3. The number of anilines is 1. The number of pyridine rings is 1. The molecule has 3 aromatic heterocycles. The largest absolute Gasteiger partial charge is 0.494 e. The zero-order chi connectivity index (χ0) is 55.8. The number of aromatic amines is 1. The van der Waals surface area contributed by atoms with Gasteiger partial charge in [0.1, 0.15) is 24.4 Å². The van der Waals surface area contributed by atoms with E-state index in [9.17, 15) is 24.3 Å². The molecule has 8 rings (SSSR count). The van der Waals surface area contributed by atoms with Crippen LogP contribution >= 0.6 is 23.7 Å². The van der Waals surface area contributed by atoms with Gasteiger partial charge in [0, 0.05) is 68.5 Å². The Kier molecular flexibility index (Phi) is 22.1. The molecule has 2 saturated heterocycles. The highest BCUT2D eigenvalue weighted by molar-refractivity contribution is 7.13. The lowest BCUT2D eigenvalue weighted by atomic mass is 9.85. The number of nitrogens with one attached hydrogen (secondary N) is 6. The molecule has 0 bridgehead atoms. The number of carbonyl (C=O) groups is 4. The van der Waals surface area contributed by atoms with E-state index >= 15 is 0 Å². The average molecular weight is 1130 g/mol. The fourth-order valence-corrected chi connectivity index (χ4v) is 10.6. The summed E-state index contributed by atoms with van der Waals surface area (Å²) in [5.41, 5.74) is 6.74. The van der Waals surface area contributed by atoms with E-state index in [1.165, 1.54) is 4.90 Å². The number of halogens is 1. The lowest BCUT2D eigenvalue weighted by Crippen LogP contribution is -2.58. The number of H-pyrrole nitrogens is 1. The van der Waals surface area contributed by atoms with E-state index in [0.29, 0.717) is 44.2 Å². The zero-order valence-corrected chi connectivity index (χ0v) is 47.9. The van der Waals surface area contributed by atoms with Crippen LogP contribution in [0.3, 0.4) is 0 Å². The number of aliphatic hydroxyl groups excluding tert-OH is 1. The van der Waals surface area contributed by atoms with Gasteiger partial charge in [0.15, 0.2) is 11.6 Å². The average Bonchev–Trinajstić information content (AvgIpc) is 4.23. The zero-order valence-electron chi connectivity index (χ0n) is 46.3. The molecule has 0 unspecified atom stereocenters. The molecule has 7 N–H and O–H groups in total. The van der Waals surface area contributed by atoms with Crippen molar-refractivity contribution in [2.45, 2.75) is 116 Å². The lowest BCUT2D eigenvalue weighted by molar-refractivity contribution is -0.144. The fourth-order valence-electron chi connectivity index (χ4n) is 9.83. The van der Waals surface area contributed by atoms with Crippen molar-refractivity contribution in [1.82, 2.24) is 51.3 Å². The van der Waals surface area contributed by atoms with Crippen LogP contribution in [0, 0.1) is 12.3 Å². The van der Waals surface area contributed by atoms with Gasteiger partial charge in [-0.25, -0.2) is 4.98 Å². The molecule has 4 atom stereocenters. The molecule has 4 amide bonds. The van der Waals surface area contributed by atoms with Crippen molar-refractivity contribution >= 4 is 53.1 Å². The molecule has 2 fully saturated rings. The number of likely N-dealkylation sites (tertiary alicyclic amines) is 1. The highest BCUT2D eigenvalue weighted by Gasteiger charge is 2.44. The Morgan fingerprint density at radius 3 is 2.35 bits per heavy atom. The molecular weight excluding hydrogens is 1060 g/mol. The van der Waals surface area contributed by atoms with Gasteiger partial charge in [-0.3, -0.25) is 24.2 Å². The minimum absolute atomic E-state index is 0. The van der Waals surface area contributed by atoms with Gasteiger partial charge in [-0.15, -0.1) is 33.9 Å². The Labute approximate surface area is 478 Å². The van der Waals surface area contributed by atoms with E-state index in [-0.39, 0.29) is 56.4 Å². The molecule has 21 heteroatoms. The number of unbranched alkanes of at least 4 members (excludes halogenated alkanes) is 2. The number of hydrogen-bond acceptors (Lipinski definition) is 15. The molecule has 0 spiro atoms. The maximum Gasteiger partial charge on any atom is 0.251 e. The van der Waals surface area contributed by atoms with Gasteiger partial charge in [-0.1, -0.05) is 63.2 Å². The summed E-state index contributed by atoms with van der Waals surface area (Å²) in [5, 5.41) is 35.7. The summed E-state index contributed by atoms with van der Waals surface area (Å²) in [4.78, 5) is 68.5. The number of ether oxygens (including phenoxy) is 3. The third-order valence-corrected chi connectivity index (χ3v) is 15.3. The number of aromatic nitrogens is 5. The third-order valence-electron chi connectivity index (χ3n) is 14.3. The van der Waals surface area contributed by atoms with Crippen LogP contribution in [-0.2, 0) is 35.9 Å². The van der Waals surface area contributed by atoms with Crippen LogP contribution in [0.1, 0.15) is 112 Å². The van der Waals surface area contributed by atoms with E-state index < -0.39 is 41.0 Å². The predicted octanol–water partition coefficient (Wildman–Crippen LogP) is 7.68. The molecule has 3 aromatic carbocycles. The lowest BCUT2D eigenvalue weighted by Gasteiger charge is -2.37. The van der Waals surface area contributed by atoms with Gasteiger partial charge >= 0.3 is 0 Å². The highest BCUT2D eigenvalue weighted by atomic mass is 35.5. The molecule has 2 aliphatic rings. The van der Waals surface area contributed by atoms with E-state index in [4.69, 9.17) is 14.2 Å². The topological polar surface area (TPSA) is 247 Å².